The maximum atomic E-state index is 11.3. The summed E-state index contributed by atoms with van der Waals surface area (Å²) >= 11 is 0. The summed E-state index contributed by atoms with van der Waals surface area (Å²) in [5.41, 5.74) is 0.0876. The van der Waals surface area contributed by atoms with Crippen molar-refractivity contribution in [3.05, 3.63) is 11.6 Å². The van der Waals surface area contributed by atoms with Crippen molar-refractivity contribution in [2.24, 2.45) is 28.6 Å². The summed E-state index contributed by atoms with van der Waals surface area (Å²) in [5, 5.41) is 22.2. The zero-order valence-corrected chi connectivity index (χ0v) is 20.5. The first-order chi connectivity index (χ1) is 13.7. The molecule has 5 rings (SSSR count). The molecule has 6 heteroatoms. The summed E-state index contributed by atoms with van der Waals surface area (Å²) in [5.74, 6) is 4.46. The first kappa shape index (κ1) is 22.8. The molecule has 1 saturated heterocycles. The predicted molar refractivity (Wildman–Crippen MR) is 104 cm³/mol. The molecule has 0 unspecified atom stereocenters. The van der Waals surface area contributed by atoms with Gasteiger partial charge in [-0.3, -0.25) is 0 Å². The van der Waals surface area contributed by atoms with Crippen LogP contribution >= 0.6 is 0 Å². The molecule has 1 aliphatic heterocycles. The van der Waals surface area contributed by atoms with E-state index in [9.17, 15) is 15.0 Å². The Bertz CT molecular complexity index is 821. The summed E-state index contributed by atoms with van der Waals surface area (Å²) in [6.07, 6.45) is 9.77. The van der Waals surface area contributed by atoms with Crippen LogP contribution in [0.25, 0.3) is 0 Å². The van der Waals surface area contributed by atoms with E-state index in [4.69, 9.17) is 9.47 Å². The Morgan fingerprint density at radius 2 is 1.83 bits per heavy atom. The number of carbonyl (C=O) groups excluding carboxylic acids is 1. The fourth-order valence-corrected chi connectivity index (χ4v) is 7.72. The third kappa shape index (κ3) is 3.17. The van der Waals surface area contributed by atoms with Crippen LogP contribution in [0.5, 0.6) is 0 Å². The Balaban J connectivity index is 0.00000218. The van der Waals surface area contributed by atoms with Gasteiger partial charge in [-0.05, 0) is 67.6 Å². The molecule has 4 fully saturated rings. The molecule has 0 aromatic heterocycles. The number of rotatable bonds is 0. The summed E-state index contributed by atoms with van der Waals surface area (Å²) in [7, 11) is 0. The molecule has 4 aliphatic carbocycles. The van der Waals surface area contributed by atoms with Crippen LogP contribution in [0.15, 0.2) is 11.6 Å². The van der Waals surface area contributed by atoms with Crippen molar-refractivity contribution >= 4 is 5.97 Å². The summed E-state index contributed by atoms with van der Waals surface area (Å²) in [4.78, 5) is 10.9. The second-order valence-electron chi connectivity index (χ2n) is 10.4. The van der Waals surface area contributed by atoms with Gasteiger partial charge in [-0.2, -0.15) is 0 Å². The van der Waals surface area contributed by atoms with Crippen molar-refractivity contribution < 1.29 is 54.0 Å². The van der Waals surface area contributed by atoms with Crippen LogP contribution in [0, 0.1) is 40.4 Å². The van der Waals surface area contributed by atoms with Crippen molar-refractivity contribution in [1.29, 1.82) is 0 Å². The molecule has 0 aromatic rings. The molecule has 1 N–H and O–H groups in total. The SMILES string of the molecule is C[C@]12CCC3(CC1=CC[C@@H]1[C@@H]2CC[C@@]2(C)[C@H]1CC[C@]2(O)C#CC(=O)[O-])OCCO3.[Na+]. The zero-order valence-electron chi connectivity index (χ0n) is 18.5. The Hall–Kier alpha value is -0.350. The van der Waals surface area contributed by atoms with Crippen LogP contribution in [-0.2, 0) is 14.3 Å². The van der Waals surface area contributed by atoms with Crippen molar-refractivity contribution in [2.45, 2.75) is 76.6 Å². The number of carboxylic acids is 1. The van der Waals surface area contributed by atoms with E-state index in [1.165, 1.54) is 5.57 Å². The second-order valence-corrected chi connectivity index (χ2v) is 10.4. The van der Waals surface area contributed by atoms with E-state index in [0.717, 1.165) is 44.9 Å². The molecule has 3 saturated carbocycles. The molecular weight excluding hydrogens is 391 g/mol. The maximum Gasteiger partial charge on any atom is 1.00 e. The Morgan fingerprint density at radius 1 is 1.13 bits per heavy atom. The average Bonchev–Trinajstić information content (AvgIpc) is 3.24. The number of aliphatic hydroxyl groups is 1. The largest absolute Gasteiger partial charge is 1.00 e. The number of carboxylic acid groups (broad SMARTS) is 1. The summed E-state index contributed by atoms with van der Waals surface area (Å²) in [6, 6.07) is 0. The number of carbonyl (C=O) groups is 1. The van der Waals surface area contributed by atoms with Crippen LogP contribution in [0.3, 0.4) is 0 Å². The van der Waals surface area contributed by atoms with Gasteiger partial charge in [0.1, 0.15) is 11.6 Å². The van der Waals surface area contributed by atoms with Crippen molar-refractivity contribution in [3.63, 3.8) is 0 Å². The van der Waals surface area contributed by atoms with Gasteiger partial charge in [0.25, 0.3) is 0 Å². The quantitative estimate of drug-likeness (QED) is 0.314. The average molecular weight is 422 g/mol. The maximum absolute atomic E-state index is 11.3. The number of allylic oxidation sites excluding steroid dienone is 1. The first-order valence-electron chi connectivity index (χ1n) is 11.2. The van der Waals surface area contributed by atoms with Gasteiger partial charge < -0.3 is 24.5 Å². The second kappa shape index (κ2) is 7.61. The Kier molecular flexibility index (Phi) is 5.79. The number of ether oxygens (including phenoxy) is 2. The minimum Gasteiger partial charge on any atom is -0.537 e. The van der Waals surface area contributed by atoms with Gasteiger partial charge in [0.15, 0.2) is 5.79 Å². The minimum atomic E-state index is -1.41. The standard InChI is InChI=1S/C24H32O5.Na/c1-21-11-12-24(28-13-14-29-24)15-16(21)3-4-17-18(21)5-8-22(2)19(17)6-9-23(22,27)10-7-20(25)26;/h3,17-19,27H,4-6,8-9,11-15H2,1-2H3,(H,25,26);/q;+1/p-1/t17-,18+,19+,21+,22+,23+;/m1./s1. The third-order valence-corrected chi connectivity index (χ3v) is 9.45. The zero-order chi connectivity index (χ0) is 20.5. The number of fused-ring (bicyclic) bond motifs is 5. The molecule has 158 valence electrons. The van der Waals surface area contributed by atoms with Crippen molar-refractivity contribution in [1.82, 2.24) is 0 Å². The minimum absolute atomic E-state index is 0. The van der Waals surface area contributed by atoms with Gasteiger partial charge in [0.05, 0.1) is 13.2 Å². The number of aliphatic carboxylic acids is 1. The molecule has 0 aromatic carbocycles. The molecule has 6 atom stereocenters. The van der Waals surface area contributed by atoms with E-state index in [-0.39, 0.29) is 40.4 Å². The van der Waals surface area contributed by atoms with E-state index in [1.54, 1.807) is 0 Å². The van der Waals surface area contributed by atoms with Gasteiger partial charge in [0, 0.05) is 18.3 Å². The van der Waals surface area contributed by atoms with Gasteiger partial charge in [-0.25, -0.2) is 0 Å². The third-order valence-electron chi connectivity index (χ3n) is 9.45. The van der Waals surface area contributed by atoms with E-state index in [0.29, 0.717) is 37.4 Å². The molecule has 5 aliphatic rings. The smallest absolute Gasteiger partial charge is 0.537 e. The van der Waals surface area contributed by atoms with E-state index < -0.39 is 17.4 Å². The first-order valence-corrected chi connectivity index (χ1v) is 11.2. The molecule has 30 heavy (non-hydrogen) atoms. The number of hydrogen-bond donors (Lipinski definition) is 1. The summed E-state index contributed by atoms with van der Waals surface area (Å²) in [6.45, 7) is 5.95. The van der Waals surface area contributed by atoms with E-state index >= 15 is 0 Å². The fraction of sp³-hybridized carbons (Fsp3) is 0.792. The van der Waals surface area contributed by atoms with Crippen molar-refractivity contribution in [3.8, 4) is 11.8 Å². The van der Waals surface area contributed by atoms with Crippen molar-refractivity contribution in [2.75, 3.05) is 13.2 Å². The molecule has 0 amide bonds. The van der Waals surface area contributed by atoms with Crippen LogP contribution < -0.4 is 34.7 Å². The molecular formula is C24H31NaO5. The van der Waals surface area contributed by atoms with E-state index in [2.05, 4.69) is 31.8 Å². The normalized spacial score (nSPS) is 45.8. The fourth-order valence-electron chi connectivity index (χ4n) is 7.72. The van der Waals surface area contributed by atoms with Gasteiger partial charge in [-0.15, -0.1) is 0 Å². The monoisotopic (exact) mass is 422 g/mol. The van der Waals surface area contributed by atoms with Crippen LogP contribution in [0.2, 0.25) is 0 Å². The Morgan fingerprint density at radius 3 is 2.53 bits per heavy atom. The van der Waals surface area contributed by atoms with E-state index in [1.807, 2.05) is 0 Å². The van der Waals surface area contributed by atoms with Crippen LogP contribution in [0.1, 0.15) is 65.2 Å². The summed E-state index contributed by atoms with van der Waals surface area (Å²) < 4.78 is 12.0. The predicted octanol–water partition coefficient (Wildman–Crippen LogP) is -0.819. The van der Waals surface area contributed by atoms with Crippen LogP contribution in [-0.4, -0.2) is 35.7 Å². The van der Waals surface area contributed by atoms with Gasteiger partial charge in [0.2, 0.25) is 0 Å². The molecule has 0 radical (unpaired) electrons. The topological polar surface area (TPSA) is 78.8 Å². The van der Waals surface area contributed by atoms with Gasteiger partial charge in [-0.1, -0.05) is 31.4 Å². The van der Waals surface area contributed by atoms with Gasteiger partial charge >= 0.3 is 29.6 Å². The molecule has 1 heterocycles. The molecule has 5 nitrogen and oxygen atoms in total. The molecule has 0 bridgehead atoms. The number of hydrogen-bond acceptors (Lipinski definition) is 5. The molecule has 1 spiro atoms. The van der Waals surface area contributed by atoms with Crippen LogP contribution in [0.4, 0.5) is 0 Å². The Labute approximate surface area is 201 Å².